The van der Waals surface area contributed by atoms with Crippen LogP contribution >= 0.6 is 11.6 Å². The van der Waals surface area contributed by atoms with Gasteiger partial charge in [0.2, 0.25) is 0 Å². The Bertz CT molecular complexity index is 621. The summed E-state index contributed by atoms with van der Waals surface area (Å²) in [7, 11) is 0. The topological polar surface area (TPSA) is 53.9 Å². The number of nitrogens with zero attached hydrogens (tertiary/aromatic N) is 4. The molecule has 3 rings (SSSR count). The van der Waals surface area contributed by atoms with E-state index in [1.54, 1.807) is 12.4 Å². The Morgan fingerprint density at radius 2 is 2.29 bits per heavy atom. The van der Waals surface area contributed by atoms with E-state index in [-0.39, 0.29) is 12.7 Å². The van der Waals surface area contributed by atoms with Crippen molar-refractivity contribution in [2.24, 2.45) is 0 Å². The van der Waals surface area contributed by atoms with Gasteiger partial charge < -0.3 is 5.32 Å². The zero-order valence-corrected chi connectivity index (χ0v) is 12.4. The monoisotopic (exact) mass is 309 g/mol. The molecular formula is C14H17ClFN5. The van der Waals surface area contributed by atoms with Crippen molar-refractivity contribution in [3.8, 4) is 0 Å². The van der Waals surface area contributed by atoms with Gasteiger partial charge in [0.25, 0.3) is 0 Å². The second kappa shape index (κ2) is 6.49. The molecule has 1 N–H and O–H groups in total. The van der Waals surface area contributed by atoms with E-state index in [1.165, 1.54) is 0 Å². The van der Waals surface area contributed by atoms with Crippen LogP contribution in [0.5, 0.6) is 0 Å². The molecule has 1 aliphatic heterocycles. The van der Waals surface area contributed by atoms with Gasteiger partial charge in [-0.3, -0.25) is 9.88 Å². The van der Waals surface area contributed by atoms with Gasteiger partial charge >= 0.3 is 0 Å². The smallest absolute Gasteiger partial charge is 0.159 e. The van der Waals surface area contributed by atoms with Crippen LogP contribution in [-0.4, -0.2) is 52.4 Å². The maximum Gasteiger partial charge on any atom is 0.159 e. The highest BCUT2D eigenvalue weighted by Gasteiger charge is 2.21. The third-order valence-electron chi connectivity index (χ3n) is 3.78. The fourth-order valence-corrected chi connectivity index (χ4v) is 2.96. The Morgan fingerprint density at radius 3 is 3.14 bits per heavy atom. The quantitative estimate of drug-likeness (QED) is 0.940. The van der Waals surface area contributed by atoms with Gasteiger partial charge in [0, 0.05) is 42.3 Å². The predicted molar refractivity (Wildman–Crippen MR) is 81.4 cm³/mol. The molecule has 0 radical (unpaired) electrons. The Kier molecular flexibility index (Phi) is 4.45. The number of anilines is 1. The van der Waals surface area contributed by atoms with Crippen molar-refractivity contribution in [1.82, 2.24) is 20.1 Å². The van der Waals surface area contributed by atoms with Crippen LogP contribution < -0.4 is 5.32 Å². The molecule has 1 atom stereocenters. The SMILES string of the molecule is FCCN1CCCC(Nc2nnc(Cl)c3ccncc23)C1. The molecule has 2 aromatic rings. The molecule has 0 aromatic carbocycles. The van der Waals surface area contributed by atoms with Crippen LogP contribution in [0.4, 0.5) is 10.2 Å². The molecule has 0 spiro atoms. The normalized spacial score (nSPS) is 19.8. The van der Waals surface area contributed by atoms with Crippen LogP contribution in [0, 0.1) is 0 Å². The lowest BCUT2D eigenvalue weighted by Crippen LogP contribution is -2.43. The van der Waals surface area contributed by atoms with Crippen molar-refractivity contribution in [3.63, 3.8) is 0 Å². The number of rotatable bonds is 4. The molecule has 0 saturated carbocycles. The Balaban J connectivity index is 1.80. The maximum atomic E-state index is 12.5. The van der Waals surface area contributed by atoms with Crippen molar-refractivity contribution < 1.29 is 4.39 Å². The lowest BCUT2D eigenvalue weighted by atomic mass is 10.1. The first-order valence-corrected chi connectivity index (χ1v) is 7.46. The minimum Gasteiger partial charge on any atom is -0.364 e. The minimum absolute atomic E-state index is 0.240. The highest BCUT2D eigenvalue weighted by atomic mass is 35.5. The van der Waals surface area contributed by atoms with Crippen molar-refractivity contribution in [1.29, 1.82) is 0 Å². The average Bonchev–Trinajstić information content (AvgIpc) is 2.51. The lowest BCUT2D eigenvalue weighted by Gasteiger charge is -2.32. The molecule has 112 valence electrons. The second-order valence-corrected chi connectivity index (χ2v) is 5.59. The van der Waals surface area contributed by atoms with Crippen molar-refractivity contribution in [3.05, 3.63) is 23.6 Å². The summed E-state index contributed by atoms with van der Waals surface area (Å²) in [6.07, 6.45) is 5.51. The predicted octanol–water partition coefficient (Wildman–Crippen LogP) is 2.52. The lowest BCUT2D eigenvalue weighted by molar-refractivity contribution is 0.200. The largest absolute Gasteiger partial charge is 0.364 e. The Morgan fingerprint density at radius 1 is 1.38 bits per heavy atom. The molecule has 0 aliphatic carbocycles. The van der Waals surface area contributed by atoms with Gasteiger partial charge in [-0.2, -0.15) is 0 Å². The molecule has 1 saturated heterocycles. The highest BCUT2D eigenvalue weighted by Crippen LogP contribution is 2.26. The van der Waals surface area contributed by atoms with Crippen molar-refractivity contribution in [2.45, 2.75) is 18.9 Å². The molecule has 1 aliphatic rings. The summed E-state index contributed by atoms with van der Waals surface area (Å²) in [5, 5.41) is 13.6. The third kappa shape index (κ3) is 3.22. The molecule has 0 amide bonds. The third-order valence-corrected chi connectivity index (χ3v) is 4.06. The van der Waals surface area contributed by atoms with E-state index >= 15 is 0 Å². The molecular weight excluding hydrogens is 293 g/mol. The number of nitrogens with one attached hydrogen (secondary N) is 1. The van der Waals surface area contributed by atoms with Crippen LogP contribution in [0.3, 0.4) is 0 Å². The highest BCUT2D eigenvalue weighted by molar-refractivity contribution is 6.34. The number of fused-ring (bicyclic) bond motifs is 1. The van der Waals surface area contributed by atoms with Crippen LogP contribution in [0.1, 0.15) is 12.8 Å². The summed E-state index contributed by atoms with van der Waals surface area (Å²) >= 11 is 6.06. The van der Waals surface area contributed by atoms with Crippen LogP contribution in [-0.2, 0) is 0 Å². The van der Waals surface area contributed by atoms with E-state index < -0.39 is 0 Å². The number of hydrogen-bond donors (Lipinski definition) is 1. The van der Waals surface area contributed by atoms with Crippen LogP contribution in [0.2, 0.25) is 5.15 Å². The van der Waals surface area contributed by atoms with Gasteiger partial charge in [0.15, 0.2) is 11.0 Å². The molecule has 2 aromatic heterocycles. The summed E-state index contributed by atoms with van der Waals surface area (Å²) in [5.74, 6) is 0.689. The van der Waals surface area contributed by atoms with Crippen LogP contribution in [0.25, 0.3) is 10.8 Å². The molecule has 7 heteroatoms. The first-order valence-electron chi connectivity index (χ1n) is 7.08. The minimum atomic E-state index is -0.305. The molecule has 21 heavy (non-hydrogen) atoms. The summed E-state index contributed by atoms with van der Waals surface area (Å²) in [4.78, 5) is 6.26. The number of halogens is 2. The first kappa shape index (κ1) is 14.4. The number of aromatic nitrogens is 3. The van der Waals surface area contributed by atoms with Crippen molar-refractivity contribution in [2.75, 3.05) is 31.6 Å². The van der Waals surface area contributed by atoms with Crippen LogP contribution in [0.15, 0.2) is 18.5 Å². The summed E-state index contributed by atoms with van der Waals surface area (Å²) < 4.78 is 12.5. The number of alkyl halides is 1. The van der Waals surface area contributed by atoms with Gasteiger partial charge in [-0.05, 0) is 25.5 Å². The van der Waals surface area contributed by atoms with E-state index in [0.717, 1.165) is 36.7 Å². The molecule has 1 unspecified atom stereocenters. The van der Waals surface area contributed by atoms with Gasteiger partial charge in [0.05, 0.1) is 0 Å². The summed E-state index contributed by atoms with van der Waals surface area (Å²) in [6.45, 7) is 1.96. The number of piperidine rings is 1. The van der Waals surface area contributed by atoms with Gasteiger partial charge in [-0.15, -0.1) is 10.2 Å². The van der Waals surface area contributed by atoms with Gasteiger partial charge in [0.1, 0.15) is 6.67 Å². The second-order valence-electron chi connectivity index (χ2n) is 5.23. The van der Waals surface area contributed by atoms with E-state index in [4.69, 9.17) is 11.6 Å². The fourth-order valence-electron chi connectivity index (χ4n) is 2.76. The molecule has 0 bridgehead atoms. The standard InChI is InChI=1S/C14H17ClFN5/c15-13-11-3-5-17-8-12(11)14(20-19-13)18-10-2-1-6-21(9-10)7-4-16/h3,5,8,10H,1-2,4,6-7,9H2,(H,18,20). The zero-order chi connectivity index (χ0) is 14.7. The summed E-state index contributed by atoms with van der Waals surface area (Å²) in [5.41, 5.74) is 0. The summed E-state index contributed by atoms with van der Waals surface area (Å²) in [6, 6.07) is 2.07. The van der Waals surface area contributed by atoms with E-state index in [1.807, 2.05) is 6.07 Å². The average molecular weight is 310 g/mol. The molecule has 1 fully saturated rings. The van der Waals surface area contributed by atoms with Crippen molar-refractivity contribution >= 4 is 28.2 Å². The number of pyridine rings is 1. The maximum absolute atomic E-state index is 12.5. The number of likely N-dealkylation sites (tertiary alicyclic amines) is 1. The molecule has 5 nitrogen and oxygen atoms in total. The Hall–Kier alpha value is -1.53. The zero-order valence-electron chi connectivity index (χ0n) is 11.6. The van der Waals surface area contributed by atoms with E-state index in [9.17, 15) is 4.39 Å². The van der Waals surface area contributed by atoms with E-state index in [0.29, 0.717) is 17.5 Å². The van der Waals surface area contributed by atoms with E-state index in [2.05, 4.69) is 25.4 Å². The molecule has 3 heterocycles. The van der Waals surface area contributed by atoms with Gasteiger partial charge in [-0.25, -0.2) is 4.39 Å². The fraction of sp³-hybridized carbons (Fsp3) is 0.500. The Labute approximate surface area is 127 Å². The number of hydrogen-bond acceptors (Lipinski definition) is 5. The van der Waals surface area contributed by atoms with Gasteiger partial charge in [-0.1, -0.05) is 11.6 Å². The first-order chi connectivity index (χ1) is 10.3.